The number of anilines is 1. The Morgan fingerprint density at radius 3 is 2.41 bits per heavy atom. The molecule has 4 N–H and O–H groups in total. The fourth-order valence-corrected chi connectivity index (χ4v) is 2.18. The lowest BCUT2D eigenvalue weighted by Gasteiger charge is -2.13. The highest BCUT2D eigenvalue weighted by atomic mass is 16.2. The molecule has 3 aromatic rings. The summed E-state index contributed by atoms with van der Waals surface area (Å²) in [7, 11) is 0. The van der Waals surface area contributed by atoms with Crippen LogP contribution >= 0.6 is 0 Å². The number of H-pyrrole nitrogens is 1. The molecule has 2 aromatic carbocycles. The van der Waals surface area contributed by atoms with Crippen molar-refractivity contribution in [2.45, 2.75) is 6.04 Å². The van der Waals surface area contributed by atoms with Gasteiger partial charge in [0.25, 0.3) is 0 Å². The Kier molecular flexibility index (Phi) is 3.98. The van der Waals surface area contributed by atoms with E-state index in [4.69, 9.17) is 5.73 Å². The number of aromatic amines is 1. The van der Waals surface area contributed by atoms with Gasteiger partial charge in [0, 0.05) is 17.4 Å². The number of hydrogen-bond acceptors (Lipinski definition) is 3. The average molecular weight is 292 g/mol. The van der Waals surface area contributed by atoms with Gasteiger partial charge in [-0.15, -0.1) is 0 Å². The van der Waals surface area contributed by atoms with E-state index < -0.39 is 6.04 Å². The summed E-state index contributed by atoms with van der Waals surface area (Å²) < 4.78 is 0. The van der Waals surface area contributed by atoms with Crippen molar-refractivity contribution in [3.63, 3.8) is 0 Å². The second-order valence-electron chi connectivity index (χ2n) is 4.94. The lowest BCUT2D eigenvalue weighted by Crippen LogP contribution is -2.27. The highest BCUT2D eigenvalue weighted by Crippen LogP contribution is 2.21. The van der Waals surface area contributed by atoms with Crippen molar-refractivity contribution in [3.8, 4) is 11.1 Å². The van der Waals surface area contributed by atoms with Crippen LogP contribution in [0.15, 0.2) is 67.0 Å². The van der Waals surface area contributed by atoms with Crippen LogP contribution in [0.2, 0.25) is 0 Å². The summed E-state index contributed by atoms with van der Waals surface area (Å²) in [5, 5.41) is 9.49. The maximum Gasteiger partial charge on any atom is 0.245 e. The van der Waals surface area contributed by atoms with Crippen LogP contribution in [0.5, 0.6) is 0 Å². The van der Waals surface area contributed by atoms with E-state index in [1.165, 1.54) is 0 Å². The molecular weight excluding hydrogens is 276 g/mol. The Morgan fingerprint density at radius 2 is 1.77 bits per heavy atom. The van der Waals surface area contributed by atoms with Crippen LogP contribution < -0.4 is 11.1 Å². The first kappa shape index (κ1) is 14.0. The molecule has 0 fully saturated rings. The van der Waals surface area contributed by atoms with Gasteiger partial charge in [-0.25, -0.2) is 0 Å². The van der Waals surface area contributed by atoms with Crippen LogP contribution in [-0.4, -0.2) is 16.1 Å². The monoisotopic (exact) mass is 292 g/mol. The van der Waals surface area contributed by atoms with Crippen molar-refractivity contribution in [2.24, 2.45) is 5.73 Å². The molecular formula is C17H16N4O. The summed E-state index contributed by atoms with van der Waals surface area (Å²) in [6, 6.07) is 16.1. The molecule has 5 heteroatoms. The minimum Gasteiger partial charge on any atom is -0.324 e. The van der Waals surface area contributed by atoms with E-state index in [0.29, 0.717) is 0 Å². The number of nitrogens with two attached hydrogens (primary N) is 1. The fraction of sp³-hybridized carbons (Fsp3) is 0.0588. The summed E-state index contributed by atoms with van der Waals surface area (Å²) in [5.41, 5.74) is 9.54. The van der Waals surface area contributed by atoms with E-state index in [2.05, 4.69) is 15.5 Å². The third kappa shape index (κ3) is 3.05. The standard InChI is InChI=1S/C17H16N4O/c18-16(17(22)21-15-4-2-1-3-5-15)13-8-6-12(7-9-13)14-10-19-20-11-14/h1-11,16H,18H2,(H,19,20)(H,21,22). The summed E-state index contributed by atoms with van der Waals surface area (Å²) >= 11 is 0. The molecule has 0 spiro atoms. The highest BCUT2D eigenvalue weighted by Gasteiger charge is 2.15. The van der Waals surface area contributed by atoms with Gasteiger partial charge < -0.3 is 11.1 Å². The lowest BCUT2D eigenvalue weighted by atomic mass is 10.0. The number of carbonyl (C=O) groups excluding carboxylic acids is 1. The molecule has 5 nitrogen and oxygen atoms in total. The molecule has 22 heavy (non-hydrogen) atoms. The summed E-state index contributed by atoms with van der Waals surface area (Å²) in [5.74, 6) is -0.234. The van der Waals surface area contributed by atoms with Gasteiger partial charge in [-0.1, -0.05) is 42.5 Å². The minimum absolute atomic E-state index is 0.234. The Bertz CT molecular complexity index is 736. The Hall–Kier alpha value is -2.92. The molecule has 110 valence electrons. The number of para-hydroxylation sites is 1. The van der Waals surface area contributed by atoms with Gasteiger partial charge in [0.05, 0.1) is 6.20 Å². The topological polar surface area (TPSA) is 83.8 Å². The van der Waals surface area contributed by atoms with E-state index in [9.17, 15) is 4.79 Å². The van der Waals surface area contributed by atoms with Crippen LogP contribution in [0, 0.1) is 0 Å². The molecule has 3 rings (SSSR count). The Morgan fingerprint density at radius 1 is 1.05 bits per heavy atom. The van der Waals surface area contributed by atoms with Crippen molar-refractivity contribution in [2.75, 3.05) is 5.32 Å². The first-order valence-electron chi connectivity index (χ1n) is 6.94. The van der Waals surface area contributed by atoms with E-state index in [1.54, 1.807) is 6.20 Å². The van der Waals surface area contributed by atoms with Gasteiger partial charge in [0.1, 0.15) is 6.04 Å². The Labute approximate surface area is 128 Å². The SMILES string of the molecule is NC(C(=O)Nc1ccccc1)c1ccc(-c2cn[nH]c2)cc1. The first-order chi connectivity index (χ1) is 10.7. The number of hydrogen-bond donors (Lipinski definition) is 3. The molecule has 0 saturated carbocycles. The number of nitrogens with zero attached hydrogens (tertiary/aromatic N) is 1. The van der Waals surface area contributed by atoms with Crippen molar-refractivity contribution in [1.82, 2.24) is 10.2 Å². The zero-order valence-corrected chi connectivity index (χ0v) is 11.9. The number of carbonyl (C=O) groups is 1. The van der Waals surface area contributed by atoms with Crippen LogP contribution in [0.1, 0.15) is 11.6 Å². The van der Waals surface area contributed by atoms with E-state index in [0.717, 1.165) is 22.4 Å². The lowest BCUT2D eigenvalue weighted by molar-refractivity contribution is -0.117. The summed E-state index contributed by atoms with van der Waals surface area (Å²) in [6.07, 6.45) is 3.56. The zero-order chi connectivity index (χ0) is 15.4. The van der Waals surface area contributed by atoms with Gasteiger partial charge in [-0.05, 0) is 23.3 Å². The Balaban J connectivity index is 1.72. The zero-order valence-electron chi connectivity index (χ0n) is 11.9. The summed E-state index contributed by atoms with van der Waals surface area (Å²) in [6.45, 7) is 0. The number of rotatable bonds is 4. The third-order valence-electron chi connectivity index (χ3n) is 3.43. The van der Waals surface area contributed by atoms with Crippen LogP contribution in [0.25, 0.3) is 11.1 Å². The van der Waals surface area contributed by atoms with Crippen molar-refractivity contribution in [3.05, 3.63) is 72.6 Å². The maximum absolute atomic E-state index is 12.2. The van der Waals surface area contributed by atoms with E-state index >= 15 is 0 Å². The third-order valence-corrected chi connectivity index (χ3v) is 3.43. The smallest absolute Gasteiger partial charge is 0.245 e. The van der Waals surface area contributed by atoms with Gasteiger partial charge in [0.2, 0.25) is 5.91 Å². The van der Waals surface area contributed by atoms with Gasteiger partial charge in [0.15, 0.2) is 0 Å². The number of amides is 1. The molecule has 1 unspecified atom stereocenters. The molecule has 0 aliphatic carbocycles. The molecule has 0 radical (unpaired) electrons. The quantitative estimate of drug-likeness (QED) is 0.691. The molecule has 0 aliphatic heterocycles. The molecule has 1 amide bonds. The second kappa shape index (κ2) is 6.24. The van der Waals surface area contributed by atoms with Gasteiger partial charge >= 0.3 is 0 Å². The van der Waals surface area contributed by atoms with Crippen LogP contribution in [0.3, 0.4) is 0 Å². The van der Waals surface area contributed by atoms with E-state index in [-0.39, 0.29) is 5.91 Å². The number of aromatic nitrogens is 2. The normalized spacial score (nSPS) is 11.9. The van der Waals surface area contributed by atoms with E-state index in [1.807, 2.05) is 60.8 Å². The predicted octanol–water partition coefficient (Wildman–Crippen LogP) is 2.72. The number of benzene rings is 2. The summed E-state index contributed by atoms with van der Waals surface area (Å²) in [4.78, 5) is 12.2. The molecule has 0 saturated heterocycles. The van der Waals surface area contributed by atoms with Gasteiger partial charge in [-0.3, -0.25) is 9.89 Å². The highest BCUT2D eigenvalue weighted by molar-refractivity contribution is 5.95. The predicted molar refractivity (Wildman–Crippen MR) is 86.0 cm³/mol. The van der Waals surface area contributed by atoms with Crippen LogP contribution in [-0.2, 0) is 4.79 Å². The first-order valence-corrected chi connectivity index (χ1v) is 6.94. The maximum atomic E-state index is 12.2. The minimum atomic E-state index is -0.710. The van der Waals surface area contributed by atoms with Crippen molar-refractivity contribution in [1.29, 1.82) is 0 Å². The largest absolute Gasteiger partial charge is 0.324 e. The average Bonchev–Trinajstić information content (AvgIpc) is 3.10. The molecule has 1 atom stereocenters. The van der Waals surface area contributed by atoms with Crippen molar-refractivity contribution >= 4 is 11.6 Å². The molecule has 0 bridgehead atoms. The van der Waals surface area contributed by atoms with Gasteiger partial charge in [-0.2, -0.15) is 5.10 Å². The molecule has 0 aliphatic rings. The van der Waals surface area contributed by atoms with Crippen LogP contribution in [0.4, 0.5) is 5.69 Å². The molecule has 1 heterocycles. The fourth-order valence-electron chi connectivity index (χ4n) is 2.18. The second-order valence-corrected chi connectivity index (χ2v) is 4.94. The number of nitrogens with one attached hydrogen (secondary N) is 2. The van der Waals surface area contributed by atoms with Crippen molar-refractivity contribution < 1.29 is 4.79 Å². The molecule has 1 aromatic heterocycles.